The molecule has 0 radical (unpaired) electrons. The Kier molecular flexibility index (Phi) is 5.22. The van der Waals surface area contributed by atoms with Crippen molar-refractivity contribution in [3.05, 3.63) is 0 Å². The Labute approximate surface area is 97.6 Å². The molecule has 4 heteroatoms. The van der Waals surface area contributed by atoms with Gasteiger partial charge in [0.25, 0.3) is 0 Å². The van der Waals surface area contributed by atoms with Crippen molar-refractivity contribution in [1.82, 2.24) is 4.90 Å². The van der Waals surface area contributed by atoms with Gasteiger partial charge in [-0.3, -0.25) is 9.69 Å². The van der Waals surface area contributed by atoms with E-state index in [0.29, 0.717) is 0 Å². The van der Waals surface area contributed by atoms with Crippen LogP contribution in [0.25, 0.3) is 0 Å². The van der Waals surface area contributed by atoms with Crippen LogP contribution in [0.15, 0.2) is 0 Å². The number of carboxylic acids is 1. The lowest BCUT2D eigenvalue weighted by molar-refractivity contribution is -0.144. The smallest absolute Gasteiger partial charge is 0.307 e. The molecule has 0 amide bonds. The van der Waals surface area contributed by atoms with E-state index in [1.54, 1.807) is 6.92 Å². The van der Waals surface area contributed by atoms with Crippen molar-refractivity contribution in [3.63, 3.8) is 0 Å². The van der Waals surface area contributed by atoms with Crippen LogP contribution in [-0.4, -0.2) is 47.8 Å². The minimum atomic E-state index is -0.717. The first-order valence-electron chi connectivity index (χ1n) is 6.14. The molecule has 16 heavy (non-hydrogen) atoms. The molecular formula is C12H23NO3. The zero-order valence-corrected chi connectivity index (χ0v) is 10.5. The molecule has 94 valence electrons. The predicted molar refractivity (Wildman–Crippen MR) is 62.5 cm³/mol. The van der Waals surface area contributed by atoms with Gasteiger partial charge in [0.15, 0.2) is 0 Å². The van der Waals surface area contributed by atoms with Crippen molar-refractivity contribution >= 4 is 5.97 Å². The first kappa shape index (κ1) is 13.5. The zero-order chi connectivity index (χ0) is 12.1. The van der Waals surface area contributed by atoms with E-state index in [0.717, 1.165) is 32.5 Å². The van der Waals surface area contributed by atoms with E-state index in [1.807, 2.05) is 13.8 Å². The first-order valence-corrected chi connectivity index (χ1v) is 6.14. The Bertz CT molecular complexity index is 230. The van der Waals surface area contributed by atoms with Crippen molar-refractivity contribution < 1.29 is 14.6 Å². The molecular weight excluding hydrogens is 206 g/mol. The summed E-state index contributed by atoms with van der Waals surface area (Å²) in [7, 11) is 0. The van der Waals surface area contributed by atoms with Gasteiger partial charge in [0.2, 0.25) is 0 Å². The van der Waals surface area contributed by atoms with Gasteiger partial charge >= 0.3 is 5.97 Å². The first-order chi connectivity index (χ1) is 7.56. The number of carboxylic acid groups (broad SMARTS) is 1. The third kappa shape index (κ3) is 3.46. The molecule has 1 aliphatic rings. The predicted octanol–water partition coefficient (Wildman–Crippen LogP) is 1.60. The average Bonchev–Trinajstić information content (AvgIpc) is 2.28. The second-order valence-corrected chi connectivity index (χ2v) is 4.58. The monoisotopic (exact) mass is 229 g/mol. The minimum Gasteiger partial charge on any atom is -0.481 e. The number of ether oxygens (including phenoxy) is 1. The van der Waals surface area contributed by atoms with Gasteiger partial charge in [0.1, 0.15) is 0 Å². The number of likely N-dealkylation sites (tertiary alicyclic amines) is 1. The van der Waals surface area contributed by atoms with Gasteiger partial charge in [0, 0.05) is 19.2 Å². The molecule has 1 saturated heterocycles. The van der Waals surface area contributed by atoms with Crippen LogP contribution in [0.5, 0.6) is 0 Å². The number of nitrogens with zero attached hydrogens (tertiary/aromatic N) is 1. The van der Waals surface area contributed by atoms with E-state index in [9.17, 15) is 4.79 Å². The highest BCUT2D eigenvalue weighted by molar-refractivity contribution is 5.70. The molecule has 1 rings (SSSR count). The largest absolute Gasteiger partial charge is 0.481 e. The summed E-state index contributed by atoms with van der Waals surface area (Å²) in [6, 6.07) is 0.0840. The highest BCUT2D eigenvalue weighted by Crippen LogP contribution is 2.19. The van der Waals surface area contributed by atoms with E-state index >= 15 is 0 Å². The summed E-state index contributed by atoms with van der Waals surface area (Å²) in [4.78, 5) is 13.2. The minimum absolute atomic E-state index is 0.0840. The molecule has 0 aliphatic carbocycles. The molecule has 4 nitrogen and oxygen atoms in total. The Morgan fingerprint density at radius 1 is 1.56 bits per heavy atom. The van der Waals surface area contributed by atoms with Crippen molar-refractivity contribution in [2.75, 3.05) is 19.7 Å². The Morgan fingerprint density at radius 3 is 2.81 bits per heavy atom. The van der Waals surface area contributed by atoms with E-state index in [4.69, 9.17) is 9.84 Å². The van der Waals surface area contributed by atoms with Crippen LogP contribution >= 0.6 is 0 Å². The molecule has 0 spiro atoms. The Balaban J connectivity index is 2.49. The van der Waals surface area contributed by atoms with Crippen molar-refractivity contribution in [1.29, 1.82) is 0 Å². The summed E-state index contributed by atoms with van der Waals surface area (Å²) in [6.07, 6.45) is 2.47. The summed E-state index contributed by atoms with van der Waals surface area (Å²) in [5.74, 6) is -1.04. The molecule has 1 heterocycles. The van der Waals surface area contributed by atoms with E-state index in [1.165, 1.54) is 0 Å². The van der Waals surface area contributed by atoms with Crippen LogP contribution in [0.2, 0.25) is 0 Å². The summed E-state index contributed by atoms with van der Waals surface area (Å²) < 4.78 is 5.61. The molecule has 3 unspecified atom stereocenters. The molecule has 0 aromatic heterocycles. The quantitative estimate of drug-likeness (QED) is 0.778. The molecule has 0 saturated carbocycles. The molecule has 1 fully saturated rings. The maximum Gasteiger partial charge on any atom is 0.307 e. The fourth-order valence-electron chi connectivity index (χ4n) is 2.23. The zero-order valence-electron chi connectivity index (χ0n) is 10.5. The van der Waals surface area contributed by atoms with Crippen LogP contribution in [0, 0.1) is 5.92 Å². The second-order valence-electron chi connectivity index (χ2n) is 4.58. The number of rotatable bonds is 5. The molecule has 0 aromatic carbocycles. The number of hydrogen-bond donors (Lipinski definition) is 1. The van der Waals surface area contributed by atoms with Crippen LogP contribution in [0.4, 0.5) is 0 Å². The van der Waals surface area contributed by atoms with Gasteiger partial charge in [-0.2, -0.15) is 0 Å². The van der Waals surface area contributed by atoms with Gasteiger partial charge in [-0.05, 0) is 33.2 Å². The van der Waals surface area contributed by atoms with Crippen LogP contribution in [0.1, 0.15) is 33.6 Å². The standard InChI is InChI=1S/C12H23NO3/c1-4-16-11-6-5-7-13(8-11)10(3)9(2)12(14)15/h9-11H,4-8H2,1-3H3,(H,14,15). The molecule has 1 N–H and O–H groups in total. The topological polar surface area (TPSA) is 49.8 Å². The SMILES string of the molecule is CCOC1CCCN(C(C)C(C)C(=O)O)C1. The summed E-state index contributed by atoms with van der Waals surface area (Å²) in [5.41, 5.74) is 0. The summed E-state index contributed by atoms with van der Waals surface area (Å²) >= 11 is 0. The number of aliphatic carboxylic acids is 1. The van der Waals surface area contributed by atoms with Gasteiger partial charge in [-0.1, -0.05) is 6.92 Å². The van der Waals surface area contributed by atoms with E-state index in [2.05, 4.69) is 4.90 Å². The number of hydrogen-bond acceptors (Lipinski definition) is 3. The molecule has 0 bridgehead atoms. The molecule has 3 atom stereocenters. The maximum atomic E-state index is 10.9. The van der Waals surface area contributed by atoms with Gasteiger partial charge < -0.3 is 9.84 Å². The normalized spacial score (nSPS) is 26.3. The van der Waals surface area contributed by atoms with E-state index in [-0.39, 0.29) is 18.1 Å². The summed E-state index contributed by atoms with van der Waals surface area (Å²) in [5, 5.41) is 8.99. The fourth-order valence-corrected chi connectivity index (χ4v) is 2.23. The third-order valence-corrected chi connectivity index (χ3v) is 3.50. The van der Waals surface area contributed by atoms with E-state index < -0.39 is 5.97 Å². The Morgan fingerprint density at radius 2 is 2.25 bits per heavy atom. The fraction of sp³-hybridized carbons (Fsp3) is 0.917. The van der Waals surface area contributed by atoms with Crippen LogP contribution in [-0.2, 0) is 9.53 Å². The van der Waals surface area contributed by atoms with Gasteiger partial charge in [0.05, 0.1) is 12.0 Å². The van der Waals surface area contributed by atoms with Gasteiger partial charge in [-0.15, -0.1) is 0 Å². The maximum absolute atomic E-state index is 10.9. The number of carbonyl (C=O) groups is 1. The van der Waals surface area contributed by atoms with Crippen LogP contribution < -0.4 is 0 Å². The Hall–Kier alpha value is -0.610. The lowest BCUT2D eigenvalue weighted by Crippen LogP contribution is -2.48. The third-order valence-electron chi connectivity index (χ3n) is 3.50. The number of piperidine rings is 1. The molecule has 0 aromatic rings. The van der Waals surface area contributed by atoms with Crippen molar-refractivity contribution in [2.45, 2.75) is 45.8 Å². The lowest BCUT2D eigenvalue weighted by Gasteiger charge is -2.38. The van der Waals surface area contributed by atoms with Gasteiger partial charge in [-0.25, -0.2) is 0 Å². The second kappa shape index (κ2) is 6.21. The average molecular weight is 229 g/mol. The van der Waals surface area contributed by atoms with Crippen molar-refractivity contribution in [2.24, 2.45) is 5.92 Å². The lowest BCUT2D eigenvalue weighted by atomic mass is 9.98. The molecule has 1 aliphatic heterocycles. The summed E-state index contributed by atoms with van der Waals surface area (Å²) in [6.45, 7) is 8.36. The highest BCUT2D eigenvalue weighted by atomic mass is 16.5. The van der Waals surface area contributed by atoms with Crippen molar-refractivity contribution in [3.8, 4) is 0 Å². The van der Waals surface area contributed by atoms with Crippen LogP contribution in [0.3, 0.4) is 0 Å². The highest BCUT2D eigenvalue weighted by Gasteiger charge is 2.29.